The maximum absolute atomic E-state index is 12.3. The number of ether oxygens (including phenoxy) is 1. The van der Waals surface area contributed by atoms with Crippen LogP contribution in [0.1, 0.15) is 11.1 Å². The molecule has 1 fully saturated rings. The van der Waals surface area contributed by atoms with Crippen LogP contribution in [0.5, 0.6) is 5.75 Å². The highest BCUT2D eigenvalue weighted by Gasteiger charge is 2.23. The van der Waals surface area contributed by atoms with Gasteiger partial charge in [-0.2, -0.15) is 0 Å². The molecule has 2 aromatic rings. The van der Waals surface area contributed by atoms with E-state index in [1.807, 2.05) is 23.1 Å². The van der Waals surface area contributed by atoms with Crippen molar-refractivity contribution in [2.24, 2.45) is 0 Å². The van der Waals surface area contributed by atoms with Gasteiger partial charge in [-0.3, -0.25) is 9.59 Å². The van der Waals surface area contributed by atoms with E-state index >= 15 is 0 Å². The minimum atomic E-state index is -0.291. The summed E-state index contributed by atoms with van der Waals surface area (Å²) in [5, 5.41) is 2.65. The Kier molecular flexibility index (Phi) is 7.03. The molecule has 1 heterocycles. The van der Waals surface area contributed by atoms with Crippen molar-refractivity contribution in [2.75, 3.05) is 39.3 Å². The summed E-state index contributed by atoms with van der Waals surface area (Å²) in [4.78, 5) is 27.5. The Labute approximate surface area is 166 Å². The van der Waals surface area contributed by atoms with Gasteiger partial charge in [-0.15, -0.1) is 0 Å². The molecular weight excluding hydrogens is 354 g/mol. The Morgan fingerprint density at radius 1 is 1.07 bits per heavy atom. The lowest BCUT2D eigenvalue weighted by molar-refractivity contribution is -0.917. The number of aryl methyl sites for hydroxylation is 1. The second kappa shape index (κ2) is 9.90. The van der Waals surface area contributed by atoms with Crippen LogP contribution in [-0.4, -0.2) is 56.0 Å². The average molecular weight is 382 g/mol. The Hall–Kier alpha value is -2.86. The lowest BCUT2D eigenvalue weighted by Gasteiger charge is -2.32. The summed E-state index contributed by atoms with van der Waals surface area (Å²) in [6.45, 7) is 6.30. The number of para-hydroxylation sites is 1. The van der Waals surface area contributed by atoms with Gasteiger partial charge in [0.25, 0.3) is 5.91 Å². The average Bonchev–Trinajstić information content (AvgIpc) is 2.72. The molecule has 3 rings (SSSR count). The molecule has 6 nitrogen and oxygen atoms in total. The summed E-state index contributed by atoms with van der Waals surface area (Å²) in [6.07, 6.45) is 0. The Bertz CT molecular complexity index is 787. The van der Waals surface area contributed by atoms with E-state index in [0.717, 1.165) is 32.7 Å². The number of nitrogens with zero attached hydrogens (tertiary/aromatic N) is 1. The van der Waals surface area contributed by atoms with E-state index in [4.69, 9.17) is 4.74 Å². The Balaban J connectivity index is 1.35. The molecule has 28 heavy (non-hydrogen) atoms. The zero-order valence-corrected chi connectivity index (χ0v) is 16.3. The fourth-order valence-corrected chi connectivity index (χ4v) is 3.36. The maximum atomic E-state index is 12.3. The normalized spacial score (nSPS) is 14.5. The molecule has 1 aliphatic rings. The van der Waals surface area contributed by atoms with Crippen LogP contribution in [0.3, 0.4) is 0 Å². The summed E-state index contributed by atoms with van der Waals surface area (Å²) >= 11 is 0. The minimum Gasteiger partial charge on any atom is -0.484 e. The molecule has 1 saturated heterocycles. The van der Waals surface area contributed by atoms with Gasteiger partial charge in [0, 0.05) is 5.56 Å². The summed E-state index contributed by atoms with van der Waals surface area (Å²) in [6, 6.07) is 17.7. The van der Waals surface area contributed by atoms with Crippen molar-refractivity contribution in [2.45, 2.75) is 13.5 Å². The standard InChI is InChI=1S/C22H27N3O3/c1-18-6-5-7-19(14-18)16-24-10-12-25(13-11-24)22(27)15-23-21(26)17-28-20-8-3-2-4-9-20/h2-9,14H,10-13,15-17H2,1H3,(H,23,26)/p+1. The number of nitrogens with one attached hydrogen (secondary N) is 2. The van der Waals surface area contributed by atoms with Crippen LogP contribution in [0.25, 0.3) is 0 Å². The molecule has 0 saturated carbocycles. The predicted molar refractivity (Wildman–Crippen MR) is 107 cm³/mol. The van der Waals surface area contributed by atoms with E-state index in [2.05, 4.69) is 36.5 Å². The van der Waals surface area contributed by atoms with Crippen molar-refractivity contribution < 1.29 is 19.2 Å². The third-order valence-corrected chi connectivity index (χ3v) is 4.91. The van der Waals surface area contributed by atoms with E-state index < -0.39 is 0 Å². The maximum Gasteiger partial charge on any atom is 0.258 e. The molecule has 2 amide bonds. The number of hydrogen-bond acceptors (Lipinski definition) is 3. The van der Waals surface area contributed by atoms with Gasteiger partial charge in [0.1, 0.15) is 12.3 Å². The number of hydrogen-bond donors (Lipinski definition) is 2. The van der Waals surface area contributed by atoms with Crippen LogP contribution in [0, 0.1) is 6.92 Å². The monoisotopic (exact) mass is 382 g/mol. The molecule has 0 spiro atoms. The third-order valence-electron chi connectivity index (χ3n) is 4.91. The van der Waals surface area contributed by atoms with Crippen LogP contribution in [0.2, 0.25) is 0 Å². The van der Waals surface area contributed by atoms with E-state index in [-0.39, 0.29) is 25.0 Å². The molecule has 148 valence electrons. The Morgan fingerprint density at radius 2 is 1.82 bits per heavy atom. The topological polar surface area (TPSA) is 63.1 Å². The summed E-state index contributed by atoms with van der Waals surface area (Å²) in [5.74, 6) is 0.306. The van der Waals surface area contributed by atoms with E-state index in [1.165, 1.54) is 16.0 Å². The van der Waals surface area contributed by atoms with Crippen molar-refractivity contribution >= 4 is 11.8 Å². The van der Waals surface area contributed by atoms with E-state index in [1.54, 1.807) is 12.1 Å². The van der Waals surface area contributed by atoms with Gasteiger partial charge < -0.3 is 19.9 Å². The molecule has 0 radical (unpaired) electrons. The first-order valence-electron chi connectivity index (χ1n) is 9.71. The first-order chi connectivity index (χ1) is 13.6. The van der Waals surface area contributed by atoms with Crippen molar-refractivity contribution in [3.05, 3.63) is 65.7 Å². The molecule has 0 unspecified atom stereocenters. The van der Waals surface area contributed by atoms with Gasteiger partial charge in [-0.1, -0.05) is 48.0 Å². The van der Waals surface area contributed by atoms with Crippen LogP contribution < -0.4 is 15.0 Å². The predicted octanol–water partition coefficient (Wildman–Crippen LogP) is 0.417. The SMILES string of the molecule is Cc1cccc(C[NH+]2CCN(C(=O)CNC(=O)COc3ccccc3)CC2)c1. The largest absolute Gasteiger partial charge is 0.484 e. The molecule has 0 atom stereocenters. The Morgan fingerprint density at radius 3 is 2.54 bits per heavy atom. The molecule has 0 aromatic heterocycles. The lowest BCUT2D eigenvalue weighted by Crippen LogP contribution is -3.13. The van der Waals surface area contributed by atoms with Crippen LogP contribution in [0.15, 0.2) is 54.6 Å². The fourth-order valence-electron chi connectivity index (χ4n) is 3.36. The lowest BCUT2D eigenvalue weighted by atomic mass is 10.1. The van der Waals surface area contributed by atoms with Crippen molar-refractivity contribution in [3.8, 4) is 5.75 Å². The first kappa shape index (κ1) is 19.9. The van der Waals surface area contributed by atoms with Crippen LogP contribution in [0.4, 0.5) is 0 Å². The highest BCUT2D eigenvalue weighted by molar-refractivity contribution is 5.85. The van der Waals surface area contributed by atoms with Crippen LogP contribution >= 0.6 is 0 Å². The van der Waals surface area contributed by atoms with Gasteiger partial charge in [0.05, 0.1) is 32.7 Å². The zero-order chi connectivity index (χ0) is 19.8. The molecule has 0 bridgehead atoms. The number of carbonyl (C=O) groups excluding carboxylic acids is 2. The third kappa shape index (κ3) is 6.09. The number of benzene rings is 2. The quantitative estimate of drug-likeness (QED) is 0.730. The molecule has 1 aliphatic heterocycles. The van der Waals surface area contributed by atoms with Gasteiger partial charge in [-0.05, 0) is 19.1 Å². The summed E-state index contributed by atoms with van der Waals surface area (Å²) < 4.78 is 5.38. The first-order valence-corrected chi connectivity index (χ1v) is 9.71. The molecular formula is C22H28N3O3+. The van der Waals surface area contributed by atoms with Crippen LogP contribution in [-0.2, 0) is 16.1 Å². The minimum absolute atomic E-state index is 0.0181. The summed E-state index contributed by atoms with van der Waals surface area (Å²) in [7, 11) is 0. The zero-order valence-electron chi connectivity index (χ0n) is 16.3. The molecule has 0 aliphatic carbocycles. The highest BCUT2D eigenvalue weighted by atomic mass is 16.5. The van der Waals surface area contributed by atoms with Gasteiger partial charge in [0.15, 0.2) is 6.61 Å². The number of carbonyl (C=O) groups is 2. The number of piperazine rings is 1. The number of rotatable bonds is 7. The molecule has 6 heteroatoms. The highest BCUT2D eigenvalue weighted by Crippen LogP contribution is 2.07. The second-order valence-electron chi connectivity index (χ2n) is 7.18. The van der Waals surface area contributed by atoms with Crippen molar-refractivity contribution in [1.82, 2.24) is 10.2 Å². The van der Waals surface area contributed by atoms with E-state index in [0.29, 0.717) is 5.75 Å². The van der Waals surface area contributed by atoms with Crippen molar-refractivity contribution in [1.29, 1.82) is 0 Å². The number of amides is 2. The fraction of sp³-hybridized carbons (Fsp3) is 0.364. The van der Waals surface area contributed by atoms with Gasteiger partial charge >= 0.3 is 0 Å². The number of quaternary nitrogens is 1. The van der Waals surface area contributed by atoms with Gasteiger partial charge in [-0.25, -0.2) is 0 Å². The molecule has 2 N–H and O–H groups in total. The van der Waals surface area contributed by atoms with E-state index in [9.17, 15) is 9.59 Å². The van der Waals surface area contributed by atoms with Crippen molar-refractivity contribution in [3.63, 3.8) is 0 Å². The molecule has 2 aromatic carbocycles. The van der Waals surface area contributed by atoms with Gasteiger partial charge in [0.2, 0.25) is 5.91 Å². The second-order valence-corrected chi connectivity index (χ2v) is 7.18. The smallest absolute Gasteiger partial charge is 0.258 e. The summed E-state index contributed by atoms with van der Waals surface area (Å²) in [5.41, 5.74) is 2.61.